The van der Waals surface area contributed by atoms with Crippen LogP contribution < -0.4 is 14.8 Å². The standard InChI is InChI=1S/C19H18F2N2O4S/c1-11-17-12-6-8-23(28(24,25)19-13(20)4-3-5-14(19)21)15(12)10-16(26-2)18(17)27-9-7-22-11/h3-6,8,10-11,22H,7,9H2,1-2H3. The van der Waals surface area contributed by atoms with Gasteiger partial charge in [0.25, 0.3) is 10.0 Å². The third-order valence-corrected chi connectivity index (χ3v) is 6.55. The maximum absolute atomic E-state index is 14.2. The van der Waals surface area contributed by atoms with Crippen LogP contribution in [0.2, 0.25) is 0 Å². The number of halogens is 2. The molecule has 0 radical (unpaired) electrons. The Morgan fingerprint density at radius 3 is 2.64 bits per heavy atom. The minimum atomic E-state index is -4.51. The molecule has 9 heteroatoms. The van der Waals surface area contributed by atoms with Crippen molar-refractivity contribution < 1.29 is 26.7 Å². The van der Waals surface area contributed by atoms with Crippen LogP contribution in [0.1, 0.15) is 18.5 Å². The van der Waals surface area contributed by atoms with Gasteiger partial charge in [-0.2, -0.15) is 0 Å². The van der Waals surface area contributed by atoms with Gasteiger partial charge in [-0.1, -0.05) is 6.07 Å². The van der Waals surface area contributed by atoms with E-state index in [1.54, 1.807) is 6.07 Å². The molecule has 0 saturated carbocycles. The third kappa shape index (κ3) is 2.73. The maximum atomic E-state index is 14.2. The first-order valence-electron chi connectivity index (χ1n) is 8.64. The predicted octanol–water partition coefficient (Wildman–Crippen LogP) is 3.21. The van der Waals surface area contributed by atoms with Gasteiger partial charge in [0.2, 0.25) is 0 Å². The Bertz CT molecular complexity index is 1150. The van der Waals surface area contributed by atoms with E-state index in [-0.39, 0.29) is 11.6 Å². The van der Waals surface area contributed by atoms with E-state index < -0.39 is 26.6 Å². The monoisotopic (exact) mass is 408 g/mol. The fourth-order valence-corrected chi connectivity index (χ4v) is 5.00. The smallest absolute Gasteiger partial charge is 0.274 e. The van der Waals surface area contributed by atoms with Crippen LogP contribution in [0.25, 0.3) is 10.9 Å². The summed E-state index contributed by atoms with van der Waals surface area (Å²) in [5.41, 5.74) is 0.979. The molecule has 1 aliphatic heterocycles. The lowest BCUT2D eigenvalue weighted by Crippen LogP contribution is -2.20. The number of methoxy groups -OCH3 is 1. The zero-order chi connectivity index (χ0) is 20.1. The molecule has 28 heavy (non-hydrogen) atoms. The summed E-state index contributed by atoms with van der Waals surface area (Å²) in [7, 11) is -3.06. The molecule has 2 heterocycles. The van der Waals surface area contributed by atoms with Crippen molar-refractivity contribution >= 4 is 20.9 Å². The van der Waals surface area contributed by atoms with E-state index in [9.17, 15) is 17.2 Å². The Balaban J connectivity index is 2.03. The Morgan fingerprint density at radius 2 is 1.96 bits per heavy atom. The minimum absolute atomic E-state index is 0.140. The van der Waals surface area contributed by atoms with Gasteiger partial charge < -0.3 is 14.8 Å². The number of hydrogen-bond acceptors (Lipinski definition) is 5. The molecule has 0 spiro atoms. The second-order valence-corrected chi connectivity index (χ2v) is 8.20. The Hall–Kier alpha value is -2.65. The second kappa shape index (κ2) is 6.75. The third-order valence-electron chi connectivity index (χ3n) is 4.80. The summed E-state index contributed by atoms with van der Waals surface area (Å²) in [5, 5.41) is 3.88. The molecule has 148 valence electrons. The molecule has 1 aliphatic rings. The molecule has 6 nitrogen and oxygen atoms in total. The highest BCUT2D eigenvalue weighted by Gasteiger charge is 2.30. The molecule has 0 amide bonds. The number of nitrogens with zero attached hydrogens (tertiary/aromatic N) is 1. The fourth-order valence-electron chi connectivity index (χ4n) is 3.54. The average molecular weight is 408 g/mol. The zero-order valence-electron chi connectivity index (χ0n) is 15.2. The van der Waals surface area contributed by atoms with Crippen LogP contribution in [0.3, 0.4) is 0 Å². The normalized spacial score (nSPS) is 17.1. The van der Waals surface area contributed by atoms with E-state index in [0.29, 0.717) is 30.0 Å². The van der Waals surface area contributed by atoms with Crippen molar-refractivity contribution in [1.82, 2.24) is 9.29 Å². The lowest BCUT2D eigenvalue weighted by atomic mass is 10.0. The van der Waals surface area contributed by atoms with Gasteiger partial charge in [0.05, 0.1) is 12.6 Å². The Morgan fingerprint density at radius 1 is 1.25 bits per heavy atom. The quantitative estimate of drug-likeness (QED) is 0.721. The first-order chi connectivity index (χ1) is 13.4. The molecule has 1 atom stereocenters. The molecular weight excluding hydrogens is 390 g/mol. The van der Waals surface area contributed by atoms with Crippen molar-refractivity contribution in [3.05, 3.63) is 53.7 Å². The van der Waals surface area contributed by atoms with Crippen LogP contribution in [0.4, 0.5) is 8.78 Å². The summed E-state index contributed by atoms with van der Waals surface area (Å²) < 4.78 is 66.6. The topological polar surface area (TPSA) is 69.6 Å². The molecule has 0 bridgehead atoms. The summed E-state index contributed by atoms with van der Waals surface area (Å²) in [6.45, 7) is 2.97. The highest BCUT2D eigenvalue weighted by Crippen LogP contribution is 2.43. The second-order valence-electron chi connectivity index (χ2n) is 6.45. The molecule has 0 saturated heterocycles. The maximum Gasteiger partial charge on any atom is 0.274 e. The molecule has 4 rings (SSSR count). The number of aromatic nitrogens is 1. The van der Waals surface area contributed by atoms with Crippen LogP contribution in [0, 0.1) is 11.6 Å². The van der Waals surface area contributed by atoms with Crippen molar-refractivity contribution in [2.45, 2.75) is 17.9 Å². The number of ether oxygens (including phenoxy) is 2. The number of rotatable bonds is 3. The number of fused-ring (bicyclic) bond motifs is 3. The zero-order valence-corrected chi connectivity index (χ0v) is 16.0. The molecular formula is C19H18F2N2O4S. The molecule has 1 N–H and O–H groups in total. The lowest BCUT2D eigenvalue weighted by molar-refractivity contribution is 0.301. The first kappa shape index (κ1) is 18.7. The van der Waals surface area contributed by atoms with Crippen molar-refractivity contribution in [2.24, 2.45) is 0 Å². The van der Waals surface area contributed by atoms with Gasteiger partial charge in [-0.3, -0.25) is 0 Å². The Kier molecular flexibility index (Phi) is 4.51. The van der Waals surface area contributed by atoms with Gasteiger partial charge in [0.1, 0.15) is 18.2 Å². The van der Waals surface area contributed by atoms with Gasteiger partial charge in [-0.05, 0) is 25.1 Å². The van der Waals surface area contributed by atoms with E-state index in [1.807, 2.05) is 6.92 Å². The van der Waals surface area contributed by atoms with E-state index in [4.69, 9.17) is 9.47 Å². The summed E-state index contributed by atoms with van der Waals surface area (Å²) in [4.78, 5) is -0.996. The van der Waals surface area contributed by atoms with Crippen LogP contribution >= 0.6 is 0 Å². The highest BCUT2D eigenvalue weighted by atomic mass is 32.2. The summed E-state index contributed by atoms with van der Waals surface area (Å²) in [6.07, 6.45) is 1.28. The van der Waals surface area contributed by atoms with Gasteiger partial charge in [0, 0.05) is 35.8 Å². The van der Waals surface area contributed by atoms with E-state index in [0.717, 1.165) is 27.7 Å². The molecule has 3 aromatic rings. The van der Waals surface area contributed by atoms with Crippen molar-refractivity contribution in [1.29, 1.82) is 0 Å². The largest absolute Gasteiger partial charge is 0.493 e. The summed E-state index contributed by atoms with van der Waals surface area (Å²) >= 11 is 0. The minimum Gasteiger partial charge on any atom is -0.493 e. The van der Waals surface area contributed by atoms with Crippen molar-refractivity contribution in [3.8, 4) is 11.5 Å². The van der Waals surface area contributed by atoms with Gasteiger partial charge >= 0.3 is 0 Å². The van der Waals surface area contributed by atoms with Gasteiger partial charge in [-0.15, -0.1) is 0 Å². The molecule has 0 fully saturated rings. The van der Waals surface area contributed by atoms with Gasteiger partial charge in [-0.25, -0.2) is 21.2 Å². The highest BCUT2D eigenvalue weighted by molar-refractivity contribution is 7.90. The van der Waals surface area contributed by atoms with Gasteiger partial charge in [0.15, 0.2) is 16.4 Å². The van der Waals surface area contributed by atoms with E-state index >= 15 is 0 Å². The van der Waals surface area contributed by atoms with Crippen LogP contribution in [0.15, 0.2) is 41.4 Å². The molecule has 1 aromatic heterocycles. The first-order valence-corrected chi connectivity index (χ1v) is 10.1. The van der Waals surface area contributed by atoms with E-state index in [1.165, 1.54) is 19.4 Å². The van der Waals surface area contributed by atoms with Crippen LogP contribution in [-0.4, -0.2) is 32.7 Å². The van der Waals surface area contributed by atoms with E-state index in [2.05, 4.69) is 5.32 Å². The van der Waals surface area contributed by atoms with Crippen molar-refractivity contribution in [2.75, 3.05) is 20.3 Å². The fraction of sp³-hybridized carbons (Fsp3) is 0.263. The van der Waals surface area contributed by atoms with Crippen LogP contribution in [0.5, 0.6) is 11.5 Å². The SMILES string of the molecule is COc1cc2c(ccn2S(=O)(=O)c2c(F)cccc2F)c2c1OCCNC2C. The number of benzene rings is 2. The number of nitrogens with one attached hydrogen (secondary N) is 1. The molecule has 0 aliphatic carbocycles. The lowest BCUT2D eigenvalue weighted by Gasteiger charge is -2.18. The number of hydrogen-bond donors (Lipinski definition) is 1. The molecule has 2 aromatic carbocycles. The Labute approximate surface area is 160 Å². The molecule has 1 unspecified atom stereocenters. The summed E-state index contributed by atoms with van der Waals surface area (Å²) in [6, 6.07) is 5.89. The van der Waals surface area contributed by atoms with Crippen molar-refractivity contribution in [3.63, 3.8) is 0 Å². The average Bonchev–Trinajstić information content (AvgIpc) is 2.98. The van der Waals surface area contributed by atoms with Crippen LogP contribution in [-0.2, 0) is 10.0 Å². The predicted molar refractivity (Wildman–Crippen MR) is 99.3 cm³/mol. The summed E-state index contributed by atoms with van der Waals surface area (Å²) in [5.74, 6) is -1.43.